The van der Waals surface area contributed by atoms with Crippen LogP contribution in [0.25, 0.3) is 6.08 Å². The average Bonchev–Trinajstić information content (AvgIpc) is 2.32. The molecular weight excluding hydrogens is 255 g/mol. The number of carboxylic acid groups (broad SMARTS) is 2. The van der Waals surface area contributed by atoms with Crippen molar-refractivity contribution in [3.8, 4) is 5.75 Å². The van der Waals surface area contributed by atoms with Gasteiger partial charge in [0.25, 0.3) is 0 Å². The molecule has 0 radical (unpaired) electrons. The van der Waals surface area contributed by atoms with Gasteiger partial charge in [-0.2, -0.15) is 0 Å². The van der Waals surface area contributed by atoms with Gasteiger partial charge in [0.15, 0.2) is 6.10 Å². The van der Waals surface area contributed by atoms with Gasteiger partial charge in [-0.1, -0.05) is 6.92 Å². The molecule has 0 saturated heterocycles. The van der Waals surface area contributed by atoms with E-state index in [1.54, 1.807) is 6.92 Å². The smallest absolute Gasteiger partial charge is 0.344 e. The summed E-state index contributed by atoms with van der Waals surface area (Å²) in [5, 5.41) is 17.3. The molecule has 0 heterocycles. The van der Waals surface area contributed by atoms with Crippen molar-refractivity contribution in [2.45, 2.75) is 19.4 Å². The second kappa shape index (κ2) is 6.53. The number of carboxylic acids is 2. The van der Waals surface area contributed by atoms with E-state index in [4.69, 9.17) is 14.9 Å². The summed E-state index contributed by atoms with van der Waals surface area (Å²) in [5.74, 6) is -2.90. The first-order valence-corrected chi connectivity index (χ1v) is 5.53. The van der Waals surface area contributed by atoms with Crippen LogP contribution in [0.2, 0.25) is 0 Å². The molecule has 2 N–H and O–H groups in total. The van der Waals surface area contributed by atoms with Crippen LogP contribution < -0.4 is 4.74 Å². The Labute approximate surface area is 108 Å². The highest BCUT2D eigenvalue weighted by Gasteiger charge is 2.17. The van der Waals surface area contributed by atoms with Crippen molar-refractivity contribution in [2.75, 3.05) is 0 Å². The van der Waals surface area contributed by atoms with Gasteiger partial charge in [-0.05, 0) is 30.2 Å². The third kappa shape index (κ3) is 4.79. The van der Waals surface area contributed by atoms with Gasteiger partial charge in [0.05, 0.1) is 0 Å². The minimum atomic E-state index is -1.16. The van der Waals surface area contributed by atoms with E-state index in [0.29, 0.717) is 0 Å². The monoisotopic (exact) mass is 268 g/mol. The molecule has 0 spiro atoms. The van der Waals surface area contributed by atoms with Crippen molar-refractivity contribution in [3.63, 3.8) is 0 Å². The van der Waals surface area contributed by atoms with Gasteiger partial charge in [-0.25, -0.2) is 14.0 Å². The van der Waals surface area contributed by atoms with Gasteiger partial charge >= 0.3 is 11.9 Å². The number of hydrogen-bond donors (Lipinski definition) is 2. The van der Waals surface area contributed by atoms with Crippen LogP contribution in [0.4, 0.5) is 4.39 Å². The maximum Gasteiger partial charge on any atom is 0.344 e. The normalized spacial score (nSPS) is 12.3. The van der Waals surface area contributed by atoms with E-state index in [1.165, 1.54) is 12.1 Å². The summed E-state index contributed by atoms with van der Waals surface area (Å²) in [6.07, 6.45) is 1.21. The number of hydrogen-bond acceptors (Lipinski definition) is 3. The third-order valence-electron chi connectivity index (χ3n) is 2.24. The highest BCUT2D eigenvalue weighted by atomic mass is 19.1. The average molecular weight is 268 g/mol. The van der Waals surface area contributed by atoms with Gasteiger partial charge in [0.2, 0.25) is 0 Å². The molecule has 0 fully saturated rings. The predicted octanol–water partition coefficient (Wildman–Crippen LogP) is 2.17. The molecule has 0 aromatic heterocycles. The fourth-order valence-electron chi connectivity index (χ4n) is 1.39. The summed E-state index contributed by atoms with van der Waals surface area (Å²) in [7, 11) is 0. The van der Waals surface area contributed by atoms with Crippen LogP contribution in [-0.2, 0) is 9.59 Å². The highest BCUT2D eigenvalue weighted by Crippen LogP contribution is 2.19. The van der Waals surface area contributed by atoms with Crippen LogP contribution in [0.3, 0.4) is 0 Å². The van der Waals surface area contributed by atoms with Crippen LogP contribution in [0.1, 0.15) is 18.9 Å². The van der Waals surface area contributed by atoms with Crippen molar-refractivity contribution in [3.05, 3.63) is 35.7 Å². The first-order chi connectivity index (χ1) is 8.92. The molecule has 1 aromatic carbocycles. The SMILES string of the molecule is CCC(Oc1cc(F)cc(/C=C/C(=O)O)c1)C(=O)O. The maximum absolute atomic E-state index is 13.3. The minimum Gasteiger partial charge on any atom is -0.479 e. The van der Waals surface area contributed by atoms with E-state index in [-0.39, 0.29) is 17.7 Å². The Kier molecular flexibility index (Phi) is 5.05. The van der Waals surface area contributed by atoms with Crippen molar-refractivity contribution in [1.82, 2.24) is 0 Å². The van der Waals surface area contributed by atoms with E-state index in [9.17, 15) is 14.0 Å². The summed E-state index contributed by atoms with van der Waals surface area (Å²) in [5.41, 5.74) is 0.276. The molecule has 6 heteroatoms. The first kappa shape index (κ1) is 14.7. The summed E-state index contributed by atoms with van der Waals surface area (Å²) >= 11 is 0. The molecule has 0 aliphatic carbocycles. The summed E-state index contributed by atoms with van der Waals surface area (Å²) in [6, 6.07) is 3.53. The third-order valence-corrected chi connectivity index (χ3v) is 2.24. The Bertz CT molecular complexity index is 510. The zero-order valence-corrected chi connectivity index (χ0v) is 10.2. The molecule has 1 aromatic rings. The van der Waals surface area contributed by atoms with E-state index in [2.05, 4.69) is 0 Å². The lowest BCUT2D eigenvalue weighted by Crippen LogP contribution is -2.25. The van der Waals surface area contributed by atoms with E-state index in [0.717, 1.165) is 18.2 Å². The van der Waals surface area contributed by atoms with Gasteiger partial charge in [-0.3, -0.25) is 0 Å². The zero-order chi connectivity index (χ0) is 14.4. The molecule has 0 aliphatic heterocycles. The second-order valence-corrected chi connectivity index (χ2v) is 3.74. The number of benzene rings is 1. The number of carbonyl (C=O) groups is 2. The summed E-state index contributed by atoms with van der Waals surface area (Å²) in [6.45, 7) is 1.63. The lowest BCUT2D eigenvalue weighted by Gasteiger charge is -2.13. The largest absolute Gasteiger partial charge is 0.479 e. The molecule has 0 bridgehead atoms. The number of aliphatic carboxylic acids is 2. The predicted molar refractivity (Wildman–Crippen MR) is 65.4 cm³/mol. The minimum absolute atomic E-state index is 0.0410. The summed E-state index contributed by atoms with van der Waals surface area (Å²) in [4.78, 5) is 21.2. The quantitative estimate of drug-likeness (QED) is 0.772. The van der Waals surface area contributed by atoms with Gasteiger partial charge in [0.1, 0.15) is 11.6 Å². The van der Waals surface area contributed by atoms with Gasteiger partial charge in [0, 0.05) is 12.1 Å². The van der Waals surface area contributed by atoms with Crippen LogP contribution in [-0.4, -0.2) is 28.3 Å². The maximum atomic E-state index is 13.3. The molecule has 0 amide bonds. The van der Waals surface area contributed by atoms with Gasteiger partial charge < -0.3 is 14.9 Å². The first-order valence-electron chi connectivity index (χ1n) is 5.53. The molecule has 19 heavy (non-hydrogen) atoms. The topological polar surface area (TPSA) is 83.8 Å². The number of ether oxygens (including phenoxy) is 1. The lowest BCUT2D eigenvalue weighted by molar-refractivity contribution is -0.145. The van der Waals surface area contributed by atoms with Crippen LogP contribution in [0, 0.1) is 5.82 Å². The van der Waals surface area contributed by atoms with Crippen LogP contribution in [0.5, 0.6) is 5.75 Å². The van der Waals surface area contributed by atoms with E-state index < -0.39 is 23.9 Å². The highest BCUT2D eigenvalue weighted by molar-refractivity contribution is 5.85. The fraction of sp³-hybridized carbons (Fsp3) is 0.231. The Hall–Kier alpha value is -2.37. The molecule has 102 valence electrons. The van der Waals surface area contributed by atoms with Crippen molar-refractivity contribution < 1.29 is 28.9 Å². The van der Waals surface area contributed by atoms with E-state index in [1.807, 2.05) is 0 Å². The number of rotatable bonds is 6. The molecule has 1 rings (SSSR count). The molecule has 1 atom stereocenters. The molecule has 0 aliphatic rings. The van der Waals surface area contributed by atoms with E-state index >= 15 is 0 Å². The Morgan fingerprint density at radius 1 is 1.37 bits per heavy atom. The molecular formula is C13H13FO5. The Morgan fingerprint density at radius 3 is 2.58 bits per heavy atom. The lowest BCUT2D eigenvalue weighted by atomic mass is 10.2. The number of halogens is 1. The van der Waals surface area contributed by atoms with Crippen molar-refractivity contribution in [2.24, 2.45) is 0 Å². The van der Waals surface area contributed by atoms with Crippen molar-refractivity contribution >= 4 is 18.0 Å². The molecule has 5 nitrogen and oxygen atoms in total. The van der Waals surface area contributed by atoms with Crippen molar-refractivity contribution in [1.29, 1.82) is 0 Å². The van der Waals surface area contributed by atoms with Gasteiger partial charge in [-0.15, -0.1) is 0 Å². The van der Waals surface area contributed by atoms with Crippen LogP contribution >= 0.6 is 0 Å². The fourth-order valence-corrected chi connectivity index (χ4v) is 1.39. The molecule has 0 saturated carbocycles. The van der Waals surface area contributed by atoms with Crippen LogP contribution in [0.15, 0.2) is 24.3 Å². The standard InChI is InChI=1S/C13H13FO5/c1-2-11(13(17)18)19-10-6-8(3-4-12(15)16)5-9(14)7-10/h3-7,11H,2H2,1H3,(H,15,16)(H,17,18)/b4-3+. The Balaban J connectivity index is 2.96. The second-order valence-electron chi connectivity index (χ2n) is 3.74. The Morgan fingerprint density at radius 2 is 2.05 bits per heavy atom. The summed E-state index contributed by atoms with van der Waals surface area (Å²) < 4.78 is 18.4. The molecule has 1 unspecified atom stereocenters. The zero-order valence-electron chi connectivity index (χ0n) is 10.2.